The second-order valence-corrected chi connectivity index (χ2v) is 11.2. The Morgan fingerprint density at radius 3 is 2.36 bits per heavy atom. The quantitative estimate of drug-likeness (QED) is 0.563. The van der Waals surface area contributed by atoms with Gasteiger partial charge in [-0.15, -0.1) is 0 Å². The zero-order valence-corrected chi connectivity index (χ0v) is 22.0. The number of benzene rings is 2. The van der Waals surface area contributed by atoms with Crippen LogP contribution in [-0.4, -0.2) is 74.8 Å². The van der Waals surface area contributed by atoms with Crippen molar-refractivity contribution in [2.45, 2.75) is 39.7 Å². The molecule has 0 aliphatic carbocycles. The molecule has 0 N–H and O–H groups in total. The number of rotatable bonds is 7. The van der Waals surface area contributed by atoms with Gasteiger partial charge in [-0.25, -0.2) is 0 Å². The van der Waals surface area contributed by atoms with Crippen LogP contribution >= 0.6 is 0 Å². The van der Waals surface area contributed by atoms with E-state index in [1.807, 2.05) is 12.1 Å². The molecule has 1 amide bonds. The van der Waals surface area contributed by atoms with Crippen molar-refractivity contribution in [2.24, 2.45) is 11.3 Å². The Kier molecular flexibility index (Phi) is 7.82. The van der Waals surface area contributed by atoms with Crippen LogP contribution in [0.5, 0.6) is 5.75 Å². The summed E-state index contributed by atoms with van der Waals surface area (Å²) in [7, 11) is 0. The van der Waals surface area contributed by atoms with Crippen LogP contribution in [0.2, 0.25) is 0 Å². The molecular formula is C30H41N3O3. The van der Waals surface area contributed by atoms with E-state index in [0.717, 1.165) is 89.8 Å². The Morgan fingerprint density at radius 2 is 1.64 bits per heavy atom. The molecule has 1 spiro atoms. The largest absolute Gasteiger partial charge is 0.493 e. The summed E-state index contributed by atoms with van der Waals surface area (Å²) in [4.78, 5) is 20.2. The fourth-order valence-corrected chi connectivity index (χ4v) is 5.85. The number of hydrogen-bond donors (Lipinski definition) is 0. The highest BCUT2D eigenvalue weighted by Gasteiger charge is 2.41. The first kappa shape index (κ1) is 25.1. The summed E-state index contributed by atoms with van der Waals surface area (Å²) in [5.74, 6) is 1.71. The number of anilines is 1. The molecule has 0 radical (unpaired) electrons. The lowest BCUT2D eigenvalue weighted by Gasteiger charge is -2.39. The normalized spacial score (nSPS) is 20.3. The fraction of sp³-hybridized carbons (Fsp3) is 0.567. The van der Waals surface area contributed by atoms with Crippen LogP contribution < -0.4 is 9.64 Å². The number of likely N-dealkylation sites (tertiary alicyclic amines) is 2. The monoisotopic (exact) mass is 491 g/mol. The molecule has 0 unspecified atom stereocenters. The highest BCUT2D eigenvalue weighted by molar-refractivity contribution is 5.94. The molecule has 0 aromatic heterocycles. The number of carbonyl (C=O) groups excluding carboxylic acids is 1. The first-order chi connectivity index (χ1) is 17.5. The van der Waals surface area contributed by atoms with Crippen LogP contribution in [0.15, 0.2) is 48.5 Å². The number of morpholine rings is 1. The van der Waals surface area contributed by atoms with E-state index < -0.39 is 0 Å². The van der Waals surface area contributed by atoms with Crippen LogP contribution in [0, 0.1) is 11.3 Å². The number of carbonyl (C=O) groups is 1. The van der Waals surface area contributed by atoms with Crippen molar-refractivity contribution in [3.8, 4) is 5.75 Å². The average Bonchev–Trinajstić information content (AvgIpc) is 3.30. The van der Waals surface area contributed by atoms with Gasteiger partial charge in [0.05, 0.1) is 19.8 Å². The summed E-state index contributed by atoms with van der Waals surface area (Å²) in [5, 5.41) is 0. The van der Waals surface area contributed by atoms with Gasteiger partial charge in [-0.1, -0.05) is 32.0 Å². The van der Waals surface area contributed by atoms with Crippen molar-refractivity contribution < 1.29 is 14.3 Å². The van der Waals surface area contributed by atoms with Gasteiger partial charge in [-0.05, 0) is 67.5 Å². The third-order valence-corrected chi connectivity index (χ3v) is 8.06. The number of nitrogens with zero attached hydrogens (tertiary/aromatic N) is 3. The number of ether oxygens (including phenoxy) is 2. The van der Waals surface area contributed by atoms with Crippen molar-refractivity contribution in [1.82, 2.24) is 9.80 Å². The van der Waals surface area contributed by atoms with E-state index in [0.29, 0.717) is 11.3 Å². The summed E-state index contributed by atoms with van der Waals surface area (Å²) < 4.78 is 11.5. The lowest BCUT2D eigenvalue weighted by atomic mass is 9.77. The third kappa shape index (κ3) is 5.87. The Balaban J connectivity index is 1.13. The molecule has 3 aliphatic heterocycles. The van der Waals surface area contributed by atoms with Gasteiger partial charge in [0.1, 0.15) is 5.75 Å². The Bertz CT molecular complexity index is 1010. The molecule has 0 atom stereocenters. The van der Waals surface area contributed by atoms with Crippen LogP contribution in [0.25, 0.3) is 0 Å². The van der Waals surface area contributed by atoms with Gasteiger partial charge in [-0.2, -0.15) is 0 Å². The van der Waals surface area contributed by atoms with E-state index in [1.165, 1.54) is 17.7 Å². The predicted octanol–water partition coefficient (Wildman–Crippen LogP) is 4.69. The average molecular weight is 492 g/mol. The second-order valence-electron chi connectivity index (χ2n) is 11.2. The Morgan fingerprint density at radius 1 is 0.944 bits per heavy atom. The van der Waals surface area contributed by atoms with E-state index in [4.69, 9.17) is 9.47 Å². The molecule has 3 saturated heterocycles. The van der Waals surface area contributed by atoms with Crippen LogP contribution in [0.3, 0.4) is 0 Å². The van der Waals surface area contributed by atoms with Gasteiger partial charge >= 0.3 is 0 Å². The topological polar surface area (TPSA) is 45.2 Å². The van der Waals surface area contributed by atoms with Gasteiger partial charge in [0.2, 0.25) is 0 Å². The molecule has 6 nitrogen and oxygen atoms in total. The van der Waals surface area contributed by atoms with Gasteiger partial charge in [-0.3, -0.25) is 9.69 Å². The number of hydrogen-bond acceptors (Lipinski definition) is 5. The van der Waals surface area contributed by atoms with E-state index >= 15 is 0 Å². The molecule has 0 bridgehead atoms. The van der Waals surface area contributed by atoms with Gasteiger partial charge in [0, 0.05) is 56.1 Å². The third-order valence-electron chi connectivity index (χ3n) is 8.06. The van der Waals surface area contributed by atoms with Crippen LogP contribution in [0.1, 0.15) is 49.0 Å². The first-order valence-electron chi connectivity index (χ1n) is 13.7. The van der Waals surface area contributed by atoms with Gasteiger partial charge in [0.15, 0.2) is 0 Å². The van der Waals surface area contributed by atoms with E-state index in [1.54, 1.807) is 0 Å². The molecule has 36 heavy (non-hydrogen) atoms. The maximum Gasteiger partial charge on any atom is 0.253 e. The lowest BCUT2D eigenvalue weighted by Crippen LogP contribution is -2.44. The molecule has 194 valence electrons. The standard InChI is InChI=1S/C30H41N3O3/c1-24(2)22-36-28-6-4-3-5-26(28)21-31-14-11-30(23-31)12-15-33(16-13-30)29(34)25-7-9-27(10-8-25)32-17-19-35-20-18-32/h3-10,24H,11-23H2,1-2H3. The minimum Gasteiger partial charge on any atom is -0.493 e. The smallest absolute Gasteiger partial charge is 0.253 e. The molecule has 3 fully saturated rings. The number of amides is 1. The fourth-order valence-electron chi connectivity index (χ4n) is 5.85. The molecule has 3 heterocycles. The first-order valence-corrected chi connectivity index (χ1v) is 13.7. The minimum absolute atomic E-state index is 0.171. The van der Waals surface area contributed by atoms with Crippen molar-refractivity contribution in [3.05, 3.63) is 59.7 Å². The second kappa shape index (κ2) is 11.2. The predicted molar refractivity (Wildman–Crippen MR) is 144 cm³/mol. The van der Waals surface area contributed by atoms with Crippen molar-refractivity contribution in [1.29, 1.82) is 0 Å². The zero-order valence-electron chi connectivity index (χ0n) is 22.0. The van der Waals surface area contributed by atoms with Crippen molar-refractivity contribution >= 4 is 11.6 Å². The Labute approximate surface area is 216 Å². The minimum atomic E-state index is 0.171. The van der Waals surface area contributed by atoms with Gasteiger partial charge < -0.3 is 19.3 Å². The summed E-state index contributed by atoms with van der Waals surface area (Å²) >= 11 is 0. The highest BCUT2D eigenvalue weighted by atomic mass is 16.5. The molecule has 6 heteroatoms. The van der Waals surface area contributed by atoms with Crippen LogP contribution in [-0.2, 0) is 11.3 Å². The Hall–Kier alpha value is -2.57. The maximum atomic E-state index is 13.2. The highest BCUT2D eigenvalue weighted by Crippen LogP contribution is 2.41. The molecule has 5 rings (SSSR count). The summed E-state index contributed by atoms with van der Waals surface area (Å²) in [6.07, 6.45) is 3.40. The van der Waals surface area contributed by atoms with Crippen molar-refractivity contribution in [3.63, 3.8) is 0 Å². The SMILES string of the molecule is CC(C)COc1ccccc1CN1CCC2(CCN(C(=O)c3ccc(N4CCOCC4)cc3)CC2)C1. The van der Waals surface area contributed by atoms with E-state index in [9.17, 15) is 4.79 Å². The molecule has 0 saturated carbocycles. The van der Waals surface area contributed by atoms with E-state index in [2.05, 4.69) is 64.9 Å². The summed E-state index contributed by atoms with van der Waals surface area (Å²) in [6, 6.07) is 16.6. The van der Waals surface area contributed by atoms with Crippen molar-refractivity contribution in [2.75, 3.05) is 64.0 Å². The van der Waals surface area contributed by atoms with E-state index in [-0.39, 0.29) is 5.91 Å². The zero-order chi connectivity index (χ0) is 25.0. The molecule has 2 aromatic carbocycles. The summed E-state index contributed by atoms with van der Waals surface area (Å²) in [5.41, 5.74) is 3.59. The van der Waals surface area contributed by atoms with Gasteiger partial charge in [0.25, 0.3) is 5.91 Å². The lowest BCUT2D eigenvalue weighted by molar-refractivity contribution is 0.0587. The maximum absolute atomic E-state index is 13.2. The molecule has 2 aromatic rings. The number of piperidine rings is 1. The molecule has 3 aliphatic rings. The van der Waals surface area contributed by atoms with Crippen LogP contribution in [0.4, 0.5) is 5.69 Å². The number of para-hydroxylation sites is 1. The summed E-state index contributed by atoms with van der Waals surface area (Å²) in [6.45, 7) is 13.4. The molecular weight excluding hydrogens is 450 g/mol.